The van der Waals surface area contributed by atoms with Crippen LogP contribution in [-0.2, 0) is 6.54 Å². The van der Waals surface area contributed by atoms with E-state index in [1.165, 1.54) is 12.1 Å². The standard InChI is InChI=1S/C16H26N4O/c1-13(2)11-19-6-8-20(9-7-19)12-14-4-3-5-15(10-14)16(17)18-21/h3-5,10,13,21H,6-9,11-12H2,1-2H3,(H2,17,18). The average molecular weight is 290 g/mol. The summed E-state index contributed by atoms with van der Waals surface area (Å²) in [6, 6.07) is 7.90. The predicted octanol–water partition coefficient (Wildman–Crippen LogP) is 1.55. The molecule has 0 amide bonds. The lowest BCUT2D eigenvalue weighted by Gasteiger charge is -2.35. The summed E-state index contributed by atoms with van der Waals surface area (Å²) in [4.78, 5) is 5.00. The molecule has 0 radical (unpaired) electrons. The molecule has 2 rings (SSSR count). The van der Waals surface area contributed by atoms with Crippen molar-refractivity contribution in [2.45, 2.75) is 20.4 Å². The van der Waals surface area contributed by atoms with E-state index in [0.29, 0.717) is 0 Å². The van der Waals surface area contributed by atoms with Gasteiger partial charge in [-0.25, -0.2) is 0 Å². The van der Waals surface area contributed by atoms with E-state index in [2.05, 4.69) is 34.9 Å². The van der Waals surface area contributed by atoms with Crippen LogP contribution in [0.4, 0.5) is 0 Å². The summed E-state index contributed by atoms with van der Waals surface area (Å²) >= 11 is 0. The van der Waals surface area contributed by atoms with Gasteiger partial charge in [0, 0.05) is 44.8 Å². The fourth-order valence-electron chi connectivity index (χ4n) is 2.79. The molecule has 1 aliphatic heterocycles. The molecule has 0 atom stereocenters. The molecule has 0 aliphatic carbocycles. The number of benzene rings is 1. The molecular weight excluding hydrogens is 264 g/mol. The van der Waals surface area contributed by atoms with Crippen LogP contribution < -0.4 is 5.73 Å². The molecular formula is C16H26N4O. The minimum absolute atomic E-state index is 0.165. The van der Waals surface area contributed by atoms with Crippen LogP contribution in [0.15, 0.2) is 29.4 Å². The summed E-state index contributed by atoms with van der Waals surface area (Å²) in [5.41, 5.74) is 7.62. The zero-order chi connectivity index (χ0) is 15.2. The van der Waals surface area contributed by atoms with E-state index in [-0.39, 0.29) is 5.84 Å². The molecule has 0 bridgehead atoms. The lowest BCUT2D eigenvalue weighted by atomic mass is 10.1. The summed E-state index contributed by atoms with van der Waals surface area (Å²) in [5.74, 6) is 0.896. The van der Waals surface area contributed by atoms with Gasteiger partial charge < -0.3 is 15.8 Å². The molecule has 21 heavy (non-hydrogen) atoms. The molecule has 1 fully saturated rings. The molecule has 0 spiro atoms. The molecule has 0 unspecified atom stereocenters. The molecule has 0 aromatic heterocycles. The third-order valence-electron chi connectivity index (χ3n) is 3.82. The quantitative estimate of drug-likeness (QED) is 0.374. The Bertz CT molecular complexity index is 479. The van der Waals surface area contributed by atoms with Gasteiger partial charge in [0.05, 0.1) is 0 Å². The summed E-state index contributed by atoms with van der Waals surface area (Å²) in [7, 11) is 0. The Morgan fingerprint density at radius 3 is 2.52 bits per heavy atom. The van der Waals surface area contributed by atoms with Gasteiger partial charge in [-0.15, -0.1) is 0 Å². The molecule has 5 heteroatoms. The first kappa shape index (κ1) is 15.8. The van der Waals surface area contributed by atoms with Crippen LogP contribution in [0.1, 0.15) is 25.0 Å². The molecule has 1 aromatic carbocycles. The monoisotopic (exact) mass is 290 g/mol. The lowest BCUT2D eigenvalue weighted by molar-refractivity contribution is 0.117. The zero-order valence-electron chi connectivity index (χ0n) is 13.0. The van der Waals surface area contributed by atoms with E-state index in [4.69, 9.17) is 10.9 Å². The number of rotatable bonds is 5. The Hall–Kier alpha value is -1.59. The first-order chi connectivity index (χ1) is 10.1. The van der Waals surface area contributed by atoms with Gasteiger partial charge in [-0.05, 0) is 17.5 Å². The van der Waals surface area contributed by atoms with Crippen molar-refractivity contribution >= 4 is 5.84 Å². The van der Waals surface area contributed by atoms with E-state index >= 15 is 0 Å². The maximum absolute atomic E-state index is 8.75. The number of amidine groups is 1. The van der Waals surface area contributed by atoms with Gasteiger partial charge in [0.1, 0.15) is 0 Å². The van der Waals surface area contributed by atoms with Crippen molar-refractivity contribution in [3.05, 3.63) is 35.4 Å². The Labute approximate surface area is 127 Å². The third-order valence-corrected chi connectivity index (χ3v) is 3.82. The smallest absolute Gasteiger partial charge is 0.170 e. The van der Waals surface area contributed by atoms with Gasteiger partial charge in [0.25, 0.3) is 0 Å². The van der Waals surface area contributed by atoms with Crippen molar-refractivity contribution in [2.24, 2.45) is 16.8 Å². The van der Waals surface area contributed by atoms with Crippen LogP contribution in [0, 0.1) is 5.92 Å². The number of hydrogen-bond donors (Lipinski definition) is 2. The van der Waals surface area contributed by atoms with Gasteiger partial charge in [-0.2, -0.15) is 0 Å². The summed E-state index contributed by atoms with van der Waals surface area (Å²) in [5, 5.41) is 11.8. The Kier molecular flexibility index (Phi) is 5.59. The fraction of sp³-hybridized carbons (Fsp3) is 0.562. The first-order valence-electron chi connectivity index (χ1n) is 7.60. The second-order valence-electron chi connectivity index (χ2n) is 6.16. The second-order valence-corrected chi connectivity index (χ2v) is 6.16. The second kappa shape index (κ2) is 7.43. The molecule has 5 nitrogen and oxygen atoms in total. The van der Waals surface area contributed by atoms with Crippen molar-refractivity contribution in [3.63, 3.8) is 0 Å². The van der Waals surface area contributed by atoms with Crippen LogP contribution in [0.2, 0.25) is 0 Å². The van der Waals surface area contributed by atoms with Gasteiger partial charge in [-0.3, -0.25) is 4.90 Å². The number of piperazine rings is 1. The zero-order valence-corrected chi connectivity index (χ0v) is 13.0. The third kappa shape index (κ3) is 4.72. The van der Waals surface area contributed by atoms with Crippen LogP contribution in [0.3, 0.4) is 0 Å². The molecule has 1 aliphatic rings. The topological polar surface area (TPSA) is 65.1 Å². The van der Waals surface area contributed by atoms with E-state index in [1.807, 2.05) is 18.2 Å². The SMILES string of the molecule is CC(C)CN1CCN(Cc2cccc(C(N)=NO)c2)CC1. The van der Waals surface area contributed by atoms with Gasteiger partial charge >= 0.3 is 0 Å². The highest BCUT2D eigenvalue weighted by atomic mass is 16.4. The summed E-state index contributed by atoms with van der Waals surface area (Å²) < 4.78 is 0. The molecule has 0 saturated carbocycles. The summed E-state index contributed by atoms with van der Waals surface area (Å²) in [6.45, 7) is 11.1. The minimum atomic E-state index is 0.165. The Balaban J connectivity index is 1.89. The molecule has 1 aromatic rings. The van der Waals surface area contributed by atoms with Crippen molar-refractivity contribution in [1.82, 2.24) is 9.80 Å². The molecule has 116 valence electrons. The number of hydrogen-bond acceptors (Lipinski definition) is 4. The van der Waals surface area contributed by atoms with Crippen LogP contribution >= 0.6 is 0 Å². The largest absolute Gasteiger partial charge is 0.409 e. The van der Waals surface area contributed by atoms with Crippen LogP contribution in [0.25, 0.3) is 0 Å². The molecule has 1 heterocycles. The molecule has 3 N–H and O–H groups in total. The minimum Gasteiger partial charge on any atom is -0.409 e. The van der Waals surface area contributed by atoms with E-state index in [1.54, 1.807) is 0 Å². The van der Waals surface area contributed by atoms with E-state index in [9.17, 15) is 0 Å². The Morgan fingerprint density at radius 1 is 1.24 bits per heavy atom. The van der Waals surface area contributed by atoms with Crippen LogP contribution in [0.5, 0.6) is 0 Å². The Morgan fingerprint density at radius 2 is 1.90 bits per heavy atom. The van der Waals surface area contributed by atoms with Crippen molar-refractivity contribution in [2.75, 3.05) is 32.7 Å². The van der Waals surface area contributed by atoms with E-state index < -0.39 is 0 Å². The van der Waals surface area contributed by atoms with Crippen molar-refractivity contribution in [3.8, 4) is 0 Å². The number of nitrogens with two attached hydrogens (primary N) is 1. The highest BCUT2D eigenvalue weighted by molar-refractivity contribution is 5.97. The maximum atomic E-state index is 8.75. The highest BCUT2D eigenvalue weighted by Crippen LogP contribution is 2.11. The number of nitrogens with zero attached hydrogens (tertiary/aromatic N) is 3. The fourth-order valence-corrected chi connectivity index (χ4v) is 2.79. The summed E-state index contributed by atoms with van der Waals surface area (Å²) in [6.07, 6.45) is 0. The van der Waals surface area contributed by atoms with Crippen LogP contribution in [-0.4, -0.2) is 53.6 Å². The maximum Gasteiger partial charge on any atom is 0.170 e. The van der Waals surface area contributed by atoms with E-state index in [0.717, 1.165) is 44.2 Å². The molecule has 1 saturated heterocycles. The average Bonchev–Trinajstić information content (AvgIpc) is 2.48. The lowest BCUT2D eigenvalue weighted by Crippen LogP contribution is -2.46. The number of oxime groups is 1. The van der Waals surface area contributed by atoms with Crippen molar-refractivity contribution in [1.29, 1.82) is 0 Å². The first-order valence-corrected chi connectivity index (χ1v) is 7.60. The highest BCUT2D eigenvalue weighted by Gasteiger charge is 2.17. The van der Waals surface area contributed by atoms with Gasteiger partial charge in [-0.1, -0.05) is 37.2 Å². The van der Waals surface area contributed by atoms with Gasteiger partial charge in [0.15, 0.2) is 5.84 Å². The van der Waals surface area contributed by atoms with Gasteiger partial charge in [0.2, 0.25) is 0 Å². The predicted molar refractivity (Wildman–Crippen MR) is 85.5 cm³/mol. The van der Waals surface area contributed by atoms with Crippen molar-refractivity contribution < 1.29 is 5.21 Å². The normalized spacial score (nSPS) is 18.3.